The third-order valence-electron chi connectivity index (χ3n) is 2.30. The van der Waals surface area contributed by atoms with E-state index < -0.39 is 36.6 Å². The van der Waals surface area contributed by atoms with Crippen LogP contribution in [-0.4, -0.2) is 97.0 Å². The molecular formula is C10H22O9. The van der Waals surface area contributed by atoms with Gasteiger partial charge in [0.25, 0.3) is 0 Å². The fourth-order valence-corrected chi connectivity index (χ4v) is 0.860. The van der Waals surface area contributed by atoms with Crippen molar-refractivity contribution < 1.29 is 45.6 Å². The second kappa shape index (κ2) is 10.2. The number of rotatable bonds is 7. The van der Waals surface area contributed by atoms with Crippen LogP contribution in [0.3, 0.4) is 0 Å². The standard InChI is InChI=1S/C7H14O6.C3H8O3/c1-7(13,5(11)3-9)6(12)4(10)2-8;4-1-3(6)2-5/h3-6,8,10-13H,2H2,1H3;3-6H,1-2H2/t4-,5+,6-,7-;/m1./s1. The second-order valence-electron chi connectivity index (χ2n) is 4.02. The molecule has 19 heavy (non-hydrogen) atoms. The molecule has 9 nitrogen and oxygen atoms in total. The van der Waals surface area contributed by atoms with Gasteiger partial charge >= 0.3 is 0 Å². The lowest BCUT2D eigenvalue weighted by Crippen LogP contribution is -2.56. The summed E-state index contributed by atoms with van der Waals surface area (Å²) in [4.78, 5) is 10.1. The van der Waals surface area contributed by atoms with E-state index in [-0.39, 0.29) is 19.5 Å². The molecule has 0 aromatic rings. The van der Waals surface area contributed by atoms with Gasteiger partial charge in [0, 0.05) is 0 Å². The highest BCUT2D eigenvalue weighted by Gasteiger charge is 2.41. The molecule has 0 aromatic carbocycles. The summed E-state index contributed by atoms with van der Waals surface area (Å²) in [6.07, 6.45) is -6.14. The molecule has 0 spiro atoms. The molecule has 0 aliphatic carbocycles. The van der Waals surface area contributed by atoms with Crippen LogP contribution in [0.4, 0.5) is 0 Å². The topological polar surface area (TPSA) is 179 Å². The van der Waals surface area contributed by atoms with Crippen LogP contribution in [0.25, 0.3) is 0 Å². The van der Waals surface area contributed by atoms with Crippen molar-refractivity contribution in [2.75, 3.05) is 19.8 Å². The Balaban J connectivity index is 0. The smallest absolute Gasteiger partial charge is 0.151 e. The third-order valence-corrected chi connectivity index (χ3v) is 2.30. The van der Waals surface area contributed by atoms with Crippen LogP contribution in [0.5, 0.6) is 0 Å². The van der Waals surface area contributed by atoms with Crippen LogP contribution in [0.1, 0.15) is 6.92 Å². The zero-order valence-electron chi connectivity index (χ0n) is 10.5. The average molecular weight is 286 g/mol. The molecule has 0 heterocycles. The minimum atomic E-state index is -2.18. The quantitative estimate of drug-likeness (QED) is 0.213. The lowest BCUT2D eigenvalue weighted by atomic mass is 9.90. The van der Waals surface area contributed by atoms with Crippen LogP contribution >= 0.6 is 0 Å². The van der Waals surface area contributed by atoms with Crippen LogP contribution in [0.15, 0.2) is 0 Å². The fraction of sp³-hybridized carbons (Fsp3) is 0.900. The normalized spacial score (nSPS) is 18.8. The van der Waals surface area contributed by atoms with Crippen molar-refractivity contribution >= 4 is 6.29 Å². The predicted octanol–water partition coefficient (Wildman–Crippen LogP) is -4.66. The van der Waals surface area contributed by atoms with Crippen LogP contribution < -0.4 is 0 Å². The number of aliphatic hydroxyl groups excluding tert-OH is 7. The van der Waals surface area contributed by atoms with Crippen molar-refractivity contribution in [3.8, 4) is 0 Å². The molecule has 8 N–H and O–H groups in total. The highest BCUT2D eigenvalue weighted by atomic mass is 16.4. The molecule has 0 aliphatic rings. The Labute approximate surface area is 110 Å². The lowest BCUT2D eigenvalue weighted by molar-refractivity contribution is -0.173. The van der Waals surface area contributed by atoms with Gasteiger partial charge in [-0.1, -0.05) is 0 Å². The maximum absolute atomic E-state index is 10.1. The van der Waals surface area contributed by atoms with Crippen LogP contribution in [-0.2, 0) is 4.79 Å². The monoisotopic (exact) mass is 286 g/mol. The second-order valence-corrected chi connectivity index (χ2v) is 4.02. The van der Waals surface area contributed by atoms with E-state index in [9.17, 15) is 9.90 Å². The number of carbonyl (C=O) groups excluding carboxylic acids is 1. The third kappa shape index (κ3) is 7.50. The van der Waals surface area contributed by atoms with Crippen molar-refractivity contribution in [1.82, 2.24) is 0 Å². The molecule has 0 fully saturated rings. The SMILES string of the molecule is C[C@](O)([C@H](O)[C@H](O)CO)[C@@H](O)C=O.OCC(O)CO. The van der Waals surface area contributed by atoms with Gasteiger partial charge in [0.05, 0.1) is 19.8 Å². The summed E-state index contributed by atoms with van der Waals surface area (Å²) in [6.45, 7) is -0.522. The molecular weight excluding hydrogens is 264 g/mol. The zero-order chi connectivity index (χ0) is 15.6. The van der Waals surface area contributed by atoms with Gasteiger partial charge in [-0.25, -0.2) is 0 Å². The Morgan fingerprint density at radius 1 is 1.00 bits per heavy atom. The summed E-state index contributed by atoms with van der Waals surface area (Å²) in [5.41, 5.74) is -2.18. The first-order valence-corrected chi connectivity index (χ1v) is 5.41. The van der Waals surface area contributed by atoms with Gasteiger partial charge < -0.3 is 45.6 Å². The summed E-state index contributed by atoms with van der Waals surface area (Å²) in [5, 5.41) is 68.8. The van der Waals surface area contributed by atoms with Crippen molar-refractivity contribution in [1.29, 1.82) is 0 Å². The summed E-state index contributed by atoms with van der Waals surface area (Å²) in [6, 6.07) is 0. The summed E-state index contributed by atoms with van der Waals surface area (Å²) >= 11 is 0. The number of hydrogen-bond donors (Lipinski definition) is 8. The number of aldehydes is 1. The molecule has 0 amide bonds. The van der Waals surface area contributed by atoms with Crippen molar-refractivity contribution in [3.63, 3.8) is 0 Å². The Morgan fingerprint density at radius 3 is 1.63 bits per heavy atom. The van der Waals surface area contributed by atoms with Gasteiger partial charge in [-0.15, -0.1) is 0 Å². The first kappa shape index (κ1) is 20.7. The van der Waals surface area contributed by atoms with Crippen LogP contribution in [0.2, 0.25) is 0 Å². The van der Waals surface area contributed by atoms with Gasteiger partial charge in [0.1, 0.15) is 30.0 Å². The van der Waals surface area contributed by atoms with Gasteiger partial charge in [-0.3, -0.25) is 0 Å². The Hall–Kier alpha value is -0.650. The Kier molecular flexibility index (Phi) is 11.1. The van der Waals surface area contributed by atoms with E-state index in [0.717, 1.165) is 6.92 Å². The van der Waals surface area contributed by atoms with Crippen molar-refractivity contribution in [2.24, 2.45) is 0 Å². The highest BCUT2D eigenvalue weighted by molar-refractivity contribution is 5.58. The molecule has 0 radical (unpaired) electrons. The van der Waals surface area contributed by atoms with Gasteiger partial charge in [0.2, 0.25) is 0 Å². The largest absolute Gasteiger partial charge is 0.394 e. The minimum absolute atomic E-state index is 0.0350. The van der Waals surface area contributed by atoms with E-state index >= 15 is 0 Å². The van der Waals surface area contributed by atoms with Gasteiger partial charge in [0.15, 0.2) is 6.29 Å². The first-order chi connectivity index (χ1) is 8.68. The highest BCUT2D eigenvalue weighted by Crippen LogP contribution is 2.16. The average Bonchev–Trinajstić information content (AvgIpc) is 2.43. The maximum Gasteiger partial charge on any atom is 0.151 e. The molecule has 116 valence electrons. The number of hydrogen-bond acceptors (Lipinski definition) is 9. The molecule has 9 heteroatoms. The first-order valence-electron chi connectivity index (χ1n) is 5.41. The summed E-state index contributed by atoms with van der Waals surface area (Å²) in [7, 11) is 0. The molecule has 0 saturated carbocycles. The van der Waals surface area contributed by atoms with E-state index in [4.69, 9.17) is 35.7 Å². The number of carbonyl (C=O) groups is 1. The lowest BCUT2D eigenvalue weighted by Gasteiger charge is -2.32. The minimum Gasteiger partial charge on any atom is -0.394 e. The zero-order valence-corrected chi connectivity index (χ0v) is 10.5. The fourth-order valence-electron chi connectivity index (χ4n) is 0.860. The molecule has 4 atom stereocenters. The van der Waals surface area contributed by atoms with E-state index in [1.54, 1.807) is 0 Å². The Bertz CT molecular complexity index is 229. The molecule has 0 bridgehead atoms. The maximum atomic E-state index is 10.1. The van der Waals surface area contributed by atoms with Crippen molar-refractivity contribution in [3.05, 3.63) is 0 Å². The van der Waals surface area contributed by atoms with Gasteiger partial charge in [-0.05, 0) is 6.92 Å². The van der Waals surface area contributed by atoms with Crippen molar-refractivity contribution in [2.45, 2.75) is 36.9 Å². The summed E-state index contributed by atoms with van der Waals surface area (Å²) < 4.78 is 0. The van der Waals surface area contributed by atoms with E-state index in [2.05, 4.69) is 0 Å². The van der Waals surface area contributed by atoms with Crippen LogP contribution in [0, 0.1) is 0 Å². The number of aliphatic hydroxyl groups is 8. The molecule has 0 unspecified atom stereocenters. The Morgan fingerprint density at radius 2 is 1.42 bits per heavy atom. The van der Waals surface area contributed by atoms with E-state index in [1.807, 2.05) is 0 Å². The van der Waals surface area contributed by atoms with E-state index in [0.29, 0.717) is 0 Å². The molecule has 0 rings (SSSR count). The molecule has 0 saturated heterocycles. The van der Waals surface area contributed by atoms with E-state index in [1.165, 1.54) is 0 Å². The predicted molar refractivity (Wildman–Crippen MR) is 62.0 cm³/mol. The molecule has 0 aliphatic heterocycles. The van der Waals surface area contributed by atoms with Gasteiger partial charge in [-0.2, -0.15) is 0 Å². The molecule has 0 aromatic heterocycles. The summed E-state index contributed by atoms with van der Waals surface area (Å²) in [5.74, 6) is 0.